The molecule has 0 aromatic heterocycles. The zero-order chi connectivity index (χ0) is 14.6. The molecule has 2 heterocycles. The first-order valence-corrected chi connectivity index (χ1v) is 9.29. The van der Waals surface area contributed by atoms with Crippen molar-refractivity contribution in [3.63, 3.8) is 0 Å². The maximum atomic E-state index is 6.66. The molecule has 0 aromatic rings. The summed E-state index contributed by atoms with van der Waals surface area (Å²) in [6.07, 6.45) is 6.57. The van der Waals surface area contributed by atoms with Crippen LogP contribution in [-0.4, -0.2) is 42.5 Å². The Labute approximate surface area is 128 Å². The van der Waals surface area contributed by atoms with Crippen LogP contribution in [0.1, 0.15) is 52.4 Å². The van der Waals surface area contributed by atoms with Crippen LogP contribution >= 0.6 is 11.8 Å². The highest BCUT2D eigenvalue weighted by Gasteiger charge is 2.45. The van der Waals surface area contributed by atoms with Crippen molar-refractivity contribution in [1.82, 2.24) is 0 Å². The van der Waals surface area contributed by atoms with Gasteiger partial charge in [0, 0.05) is 19.8 Å². The summed E-state index contributed by atoms with van der Waals surface area (Å²) in [7, 11) is 1.82. The van der Waals surface area contributed by atoms with E-state index in [2.05, 4.69) is 25.6 Å². The second-order valence-electron chi connectivity index (χ2n) is 6.40. The van der Waals surface area contributed by atoms with Crippen molar-refractivity contribution >= 4 is 11.8 Å². The van der Waals surface area contributed by atoms with Crippen LogP contribution in [0.4, 0.5) is 0 Å². The smallest absolute Gasteiger partial charge is 0.0826 e. The average Bonchev–Trinajstić information content (AvgIpc) is 2.50. The second-order valence-corrected chi connectivity index (χ2v) is 7.62. The molecule has 118 valence electrons. The highest BCUT2D eigenvalue weighted by atomic mass is 32.2. The van der Waals surface area contributed by atoms with Gasteiger partial charge in [0.2, 0.25) is 0 Å². The molecule has 0 aromatic carbocycles. The summed E-state index contributed by atoms with van der Waals surface area (Å²) in [5, 5.41) is 0. The van der Waals surface area contributed by atoms with E-state index in [4.69, 9.17) is 15.2 Å². The first-order valence-electron chi connectivity index (χ1n) is 8.14. The van der Waals surface area contributed by atoms with Gasteiger partial charge in [0.05, 0.1) is 11.2 Å². The number of methoxy groups -OCH3 is 1. The molecule has 2 aliphatic heterocycles. The zero-order valence-electron chi connectivity index (χ0n) is 13.3. The average molecular weight is 301 g/mol. The molecule has 0 bridgehead atoms. The quantitative estimate of drug-likeness (QED) is 0.847. The lowest BCUT2D eigenvalue weighted by Gasteiger charge is -2.48. The van der Waals surface area contributed by atoms with Crippen molar-refractivity contribution in [2.75, 3.05) is 25.2 Å². The summed E-state index contributed by atoms with van der Waals surface area (Å²) in [6, 6.07) is 0.123. The highest BCUT2D eigenvalue weighted by molar-refractivity contribution is 7.99. The third kappa shape index (κ3) is 3.18. The van der Waals surface area contributed by atoms with E-state index in [-0.39, 0.29) is 17.2 Å². The lowest BCUT2D eigenvalue weighted by atomic mass is 9.72. The van der Waals surface area contributed by atoms with Crippen LogP contribution in [0.5, 0.6) is 0 Å². The van der Waals surface area contributed by atoms with E-state index >= 15 is 0 Å². The van der Waals surface area contributed by atoms with Crippen molar-refractivity contribution in [2.45, 2.75) is 69.6 Å². The van der Waals surface area contributed by atoms with Gasteiger partial charge in [-0.15, -0.1) is 0 Å². The summed E-state index contributed by atoms with van der Waals surface area (Å²) in [5.74, 6) is 3.00. The Bertz CT molecular complexity index is 287. The molecule has 1 spiro atoms. The number of thioether (sulfide) groups is 1. The minimum Gasteiger partial charge on any atom is -0.377 e. The van der Waals surface area contributed by atoms with E-state index in [1.807, 2.05) is 7.11 Å². The molecule has 2 rings (SSSR count). The van der Waals surface area contributed by atoms with Crippen LogP contribution in [0.3, 0.4) is 0 Å². The molecule has 0 saturated carbocycles. The molecular formula is C16H31NO2S. The Kier molecular flexibility index (Phi) is 5.80. The van der Waals surface area contributed by atoms with Crippen LogP contribution in [0.2, 0.25) is 0 Å². The normalized spacial score (nSPS) is 28.5. The number of hydrogen-bond donors (Lipinski definition) is 1. The summed E-state index contributed by atoms with van der Waals surface area (Å²) >= 11 is 2.06. The summed E-state index contributed by atoms with van der Waals surface area (Å²) in [6.45, 7) is 5.26. The predicted octanol–water partition coefficient (Wildman–Crippen LogP) is 3.21. The van der Waals surface area contributed by atoms with E-state index in [9.17, 15) is 0 Å². The first-order chi connectivity index (χ1) is 9.61. The Morgan fingerprint density at radius 1 is 1.35 bits per heavy atom. The molecule has 2 aliphatic rings. The fraction of sp³-hybridized carbons (Fsp3) is 1.00. The monoisotopic (exact) mass is 301 g/mol. The maximum absolute atomic E-state index is 6.66. The van der Waals surface area contributed by atoms with E-state index in [1.54, 1.807) is 0 Å². The molecule has 2 atom stereocenters. The molecule has 2 saturated heterocycles. The highest BCUT2D eigenvalue weighted by Crippen LogP contribution is 2.42. The predicted molar refractivity (Wildman–Crippen MR) is 86.3 cm³/mol. The number of nitrogens with two attached hydrogens (primary N) is 1. The largest absolute Gasteiger partial charge is 0.377 e. The molecule has 0 amide bonds. The Morgan fingerprint density at radius 3 is 2.55 bits per heavy atom. The van der Waals surface area contributed by atoms with Gasteiger partial charge < -0.3 is 15.2 Å². The molecule has 2 N–H and O–H groups in total. The van der Waals surface area contributed by atoms with Crippen molar-refractivity contribution in [1.29, 1.82) is 0 Å². The molecular weight excluding hydrogens is 270 g/mol. The van der Waals surface area contributed by atoms with Crippen molar-refractivity contribution < 1.29 is 9.47 Å². The van der Waals surface area contributed by atoms with Crippen LogP contribution < -0.4 is 5.73 Å². The third-order valence-corrected chi connectivity index (χ3v) is 6.64. The second kappa shape index (κ2) is 6.99. The van der Waals surface area contributed by atoms with Gasteiger partial charge in [-0.05, 0) is 55.9 Å². The van der Waals surface area contributed by atoms with Gasteiger partial charge in [0.15, 0.2) is 0 Å². The summed E-state index contributed by atoms with van der Waals surface area (Å²) in [4.78, 5) is 0. The Balaban J connectivity index is 2.07. The van der Waals surface area contributed by atoms with Gasteiger partial charge in [-0.3, -0.25) is 0 Å². The molecule has 2 fully saturated rings. The molecule has 0 radical (unpaired) electrons. The fourth-order valence-corrected chi connectivity index (χ4v) is 5.28. The molecule has 2 unspecified atom stereocenters. The zero-order valence-corrected chi connectivity index (χ0v) is 14.1. The van der Waals surface area contributed by atoms with Crippen LogP contribution in [0, 0.1) is 5.92 Å². The number of rotatable bonds is 5. The van der Waals surface area contributed by atoms with Gasteiger partial charge in [-0.25, -0.2) is 0 Å². The van der Waals surface area contributed by atoms with Crippen molar-refractivity contribution in [2.24, 2.45) is 11.7 Å². The SMILES string of the molecule is CCC(CC)(OC)C(N)C1CCOC2(CCSCC2)C1. The minimum atomic E-state index is -0.160. The van der Waals surface area contributed by atoms with Gasteiger partial charge in [0.25, 0.3) is 0 Å². The molecule has 0 aliphatic carbocycles. The van der Waals surface area contributed by atoms with Crippen LogP contribution in [0.15, 0.2) is 0 Å². The lowest BCUT2D eigenvalue weighted by molar-refractivity contribution is -0.127. The van der Waals surface area contributed by atoms with Gasteiger partial charge in [-0.1, -0.05) is 13.8 Å². The number of ether oxygens (including phenoxy) is 2. The van der Waals surface area contributed by atoms with Crippen molar-refractivity contribution in [3.05, 3.63) is 0 Å². The molecule has 4 heteroatoms. The molecule has 20 heavy (non-hydrogen) atoms. The lowest BCUT2D eigenvalue weighted by Crippen LogP contribution is -2.56. The minimum absolute atomic E-state index is 0.118. The topological polar surface area (TPSA) is 44.5 Å². The van der Waals surface area contributed by atoms with E-state index in [0.717, 1.165) is 32.3 Å². The van der Waals surface area contributed by atoms with E-state index < -0.39 is 0 Å². The van der Waals surface area contributed by atoms with Crippen LogP contribution in [-0.2, 0) is 9.47 Å². The third-order valence-electron chi connectivity index (χ3n) is 5.65. The van der Waals surface area contributed by atoms with Crippen LogP contribution in [0.25, 0.3) is 0 Å². The standard InChI is InChI=1S/C16H31NO2S/c1-4-16(5-2,18-3)14(17)13-6-9-19-15(12-13)7-10-20-11-8-15/h13-14H,4-12,17H2,1-3H3. The maximum Gasteiger partial charge on any atom is 0.0826 e. The first kappa shape index (κ1) is 16.6. The summed E-state index contributed by atoms with van der Waals surface area (Å²) < 4.78 is 12.0. The fourth-order valence-electron chi connectivity index (χ4n) is 4.04. The van der Waals surface area contributed by atoms with Gasteiger partial charge in [0.1, 0.15) is 0 Å². The van der Waals surface area contributed by atoms with Gasteiger partial charge >= 0.3 is 0 Å². The van der Waals surface area contributed by atoms with Gasteiger partial charge in [-0.2, -0.15) is 11.8 Å². The number of hydrogen-bond acceptors (Lipinski definition) is 4. The van der Waals surface area contributed by atoms with Crippen molar-refractivity contribution in [3.8, 4) is 0 Å². The van der Waals surface area contributed by atoms with E-state index in [1.165, 1.54) is 24.3 Å². The molecule has 3 nitrogen and oxygen atoms in total. The Hall–Kier alpha value is 0.230. The van der Waals surface area contributed by atoms with E-state index in [0.29, 0.717) is 5.92 Å². The Morgan fingerprint density at radius 2 is 2.00 bits per heavy atom. The summed E-state index contributed by atoms with van der Waals surface area (Å²) in [5.41, 5.74) is 6.62.